The first-order chi connectivity index (χ1) is 11.4. The van der Waals surface area contributed by atoms with Gasteiger partial charge in [-0.15, -0.1) is 0 Å². The zero-order valence-electron chi connectivity index (χ0n) is 14.2. The molecule has 0 unspecified atom stereocenters. The first-order valence-electron chi connectivity index (χ1n) is 7.98. The van der Waals surface area contributed by atoms with Gasteiger partial charge in [-0.3, -0.25) is 14.3 Å². The number of aromatic nitrogens is 2. The van der Waals surface area contributed by atoms with Gasteiger partial charge >= 0.3 is 5.97 Å². The largest absolute Gasteiger partial charge is 0.481 e. The van der Waals surface area contributed by atoms with Gasteiger partial charge in [-0.25, -0.2) is 0 Å². The van der Waals surface area contributed by atoms with Crippen molar-refractivity contribution in [2.75, 3.05) is 6.54 Å². The number of rotatable bonds is 7. The molecule has 6 nitrogen and oxygen atoms in total. The van der Waals surface area contributed by atoms with Crippen LogP contribution in [0.2, 0.25) is 0 Å². The van der Waals surface area contributed by atoms with Crippen molar-refractivity contribution in [3.63, 3.8) is 0 Å². The summed E-state index contributed by atoms with van der Waals surface area (Å²) < 4.78 is 1.80. The molecule has 0 saturated heterocycles. The Kier molecular flexibility index (Phi) is 5.73. The molecule has 128 valence electrons. The second kappa shape index (κ2) is 7.77. The van der Waals surface area contributed by atoms with E-state index >= 15 is 0 Å². The normalized spacial score (nSPS) is 12.2. The maximum atomic E-state index is 12.4. The first-order valence-corrected chi connectivity index (χ1v) is 7.98. The molecule has 0 aliphatic carbocycles. The summed E-state index contributed by atoms with van der Waals surface area (Å²) in [7, 11) is 0. The van der Waals surface area contributed by atoms with Crippen LogP contribution in [0, 0.1) is 12.8 Å². The second-order valence-corrected chi connectivity index (χ2v) is 6.23. The molecule has 2 rings (SSSR count). The van der Waals surface area contributed by atoms with Crippen molar-refractivity contribution >= 4 is 11.9 Å². The topological polar surface area (TPSA) is 84.2 Å². The molecule has 0 aliphatic heterocycles. The Bertz CT molecular complexity index is 708. The van der Waals surface area contributed by atoms with Crippen molar-refractivity contribution in [3.8, 4) is 0 Å². The third-order valence-corrected chi connectivity index (χ3v) is 3.85. The summed E-state index contributed by atoms with van der Waals surface area (Å²) in [6, 6.07) is 8.89. The maximum absolute atomic E-state index is 12.4. The summed E-state index contributed by atoms with van der Waals surface area (Å²) in [4.78, 5) is 23.8. The fraction of sp³-hybridized carbons (Fsp3) is 0.389. The van der Waals surface area contributed by atoms with E-state index in [1.54, 1.807) is 28.9 Å². The lowest BCUT2D eigenvalue weighted by Crippen LogP contribution is -2.32. The van der Waals surface area contributed by atoms with Crippen LogP contribution in [0.5, 0.6) is 0 Å². The quantitative estimate of drug-likeness (QED) is 0.817. The van der Waals surface area contributed by atoms with Gasteiger partial charge in [-0.1, -0.05) is 44.2 Å². The molecule has 1 amide bonds. The number of carboxylic acid groups (broad SMARTS) is 1. The lowest BCUT2D eigenvalue weighted by Gasteiger charge is -2.14. The lowest BCUT2D eigenvalue weighted by atomic mass is 9.99. The molecule has 2 aromatic rings. The molecule has 24 heavy (non-hydrogen) atoms. The minimum Gasteiger partial charge on any atom is -0.481 e. The van der Waals surface area contributed by atoms with Crippen molar-refractivity contribution in [3.05, 3.63) is 53.3 Å². The van der Waals surface area contributed by atoms with Crippen LogP contribution in [0.15, 0.2) is 36.5 Å². The average Bonchev–Trinajstić information content (AvgIpc) is 2.88. The number of carboxylic acids is 1. The Balaban J connectivity index is 2.06. The lowest BCUT2D eigenvalue weighted by molar-refractivity contribution is -0.138. The smallest absolute Gasteiger partial charge is 0.312 e. The Labute approximate surface area is 141 Å². The standard InChI is InChI=1S/C18H23N3O3/c1-12(2)11-21-13(3)15(10-20-21)17(22)19-9-16(18(23)24)14-7-5-4-6-8-14/h4-8,10,12,16H,9,11H2,1-3H3,(H,19,22)(H,23,24)/t16-/m1/s1. The molecule has 0 fully saturated rings. The van der Waals surface area contributed by atoms with E-state index in [9.17, 15) is 14.7 Å². The molecule has 1 heterocycles. The molecule has 0 aliphatic rings. The summed E-state index contributed by atoms with van der Waals surface area (Å²) in [6.45, 7) is 6.78. The van der Waals surface area contributed by atoms with Crippen LogP contribution in [0.1, 0.15) is 41.4 Å². The summed E-state index contributed by atoms with van der Waals surface area (Å²) in [5, 5.41) is 16.4. The van der Waals surface area contributed by atoms with E-state index in [0.717, 1.165) is 12.2 Å². The maximum Gasteiger partial charge on any atom is 0.312 e. The van der Waals surface area contributed by atoms with E-state index in [4.69, 9.17) is 0 Å². The Morgan fingerprint density at radius 2 is 1.92 bits per heavy atom. The van der Waals surface area contributed by atoms with E-state index in [2.05, 4.69) is 24.3 Å². The van der Waals surface area contributed by atoms with Crippen molar-refractivity contribution in [2.45, 2.75) is 33.2 Å². The minimum atomic E-state index is -0.964. The van der Waals surface area contributed by atoms with E-state index in [-0.39, 0.29) is 12.5 Å². The van der Waals surface area contributed by atoms with Crippen LogP contribution in [-0.2, 0) is 11.3 Å². The zero-order chi connectivity index (χ0) is 17.7. The summed E-state index contributed by atoms with van der Waals surface area (Å²) in [5.74, 6) is -1.62. The first kappa shape index (κ1) is 17.7. The molecule has 0 spiro atoms. The number of nitrogens with one attached hydrogen (secondary N) is 1. The number of hydrogen-bond acceptors (Lipinski definition) is 3. The second-order valence-electron chi connectivity index (χ2n) is 6.23. The van der Waals surface area contributed by atoms with Gasteiger partial charge in [0.05, 0.1) is 17.7 Å². The third-order valence-electron chi connectivity index (χ3n) is 3.85. The highest BCUT2D eigenvalue weighted by Crippen LogP contribution is 2.15. The fourth-order valence-corrected chi connectivity index (χ4v) is 2.52. The molecular weight excluding hydrogens is 306 g/mol. The Hall–Kier alpha value is -2.63. The van der Waals surface area contributed by atoms with Gasteiger partial charge in [0.2, 0.25) is 0 Å². The molecule has 0 bridgehead atoms. The molecular formula is C18H23N3O3. The molecule has 2 N–H and O–H groups in total. The van der Waals surface area contributed by atoms with Gasteiger partial charge in [0.1, 0.15) is 0 Å². The van der Waals surface area contributed by atoms with Gasteiger partial charge < -0.3 is 10.4 Å². The third kappa shape index (κ3) is 4.22. The number of aliphatic carboxylic acids is 1. The molecule has 0 radical (unpaired) electrons. The molecule has 1 aromatic heterocycles. The van der Waals surface area contributed by atoms with Crippen LogP contribution in [-0.4, -0.2) is 33.3 Å². The number of hydrogen-bond donors (Lipinski definition) is 2. The predicted octanol–water partition coefficient (Wildman–Crippen LogP) is 2.45. The number of benzene rings is 1. The molecule has 6 heteroatoms. The van der Waals surface area contributed by atoms with Crippen LogP contribution >= 0.6 is 0 Å². The fourth-order valence-electron chi connectivity index (χ4n) is 2.52. The Morgan fingerprint density at radius 1 is 1.25 bits per heavy atom. The van der Waals surface area contributed by atoms with Crippen LogP contribution in [0.4, 0.5) is 0 Å². The molecule has 0 saturated carbocycles. The van der Waals surface area contributed by atoms with Gasteiger partial charge in [-0.2, -0.15) is 5.10 Å². The zero-order valence-corrected chi connectivity index (χ0v) is 14.2. The van der Waals surface area contributed by atoms with E-state index < -0.39 is 11.9 Å². The number of carbonyl (C=O) groups excluding carboxylic acids is 1. The summed E-state index contributed by atoms with van der Waals surface area (Å²) in [5.41, 5.74) is 1.93. The van der Waals surface area contributed by atoms with Gasteiger partial charge in [0.25, 0.3) is 5.91 Å². The van der Waals surface area contributed by atoms with Crippen molar-refractivity contribution in [2.24, 2.45) is 5.92 Å². The van der Waals surface area contributed by atoms with E-state index in [1.165, 1.54) is 6.20 Å². The molecule has 1 aromatic carbocycles. The van der Waals surface area contributed by atoms with Gasteiger partial charge in [-0.05, 0) is 18.4 Å². The molecule has 1 atom stereocenters. The Morgan fingerprint density at radius 3 is 2.50 bits per heavy atom. The minimum absolute atomic E-state index is 0.0347. The predicted molar refractivity (Wildman–Crippen MR) is 91.0 cm³/mol. The number of carbonyl (C=O) groups is 2. The van der Waals surface area contributed by atoms with Crippen LogP contribution in [0.3, 0.4) is 0 Å². The highest BCUT2D eigenvalue weighted by Gasteiger charge is 2.22. The van der Waals surface area contributed by atoms with Crippen LogP contribution < -0.4 is 5.32 Å². The summed E-state index contributed by atoms with van der Waals surface area (Å²) in [6.07, 6.45) is 1.53. The van der Waals surface area contributed by atoms with Crippen molar-refractivity contribution in [1.29, 1.82) is 0 Å². The van der Waals surface area contributed by atoms with Gasteiger partial charge in [0.15, 0.2) is 0 Å². The highest BCUT2D eigenvalue weighted by molar-refractivity contribution is 5.95. The highest BCUT2D eigenvalue weighted by atomic mass is 16.4. The van der Waals surface area contributed by atoms with Crippen molar-refractivity contribution < 1.29 is 14.7 Å². The van der Waals surface area contributed by atoms with E-state index in [1.807, 2.05) is 13.0 Å². The van der Waals surface area contributed by atoms with Gasteiger partial charge in [0, 0.05) is 18.8 Å². The summed E-state index contributed by atoms with van der Waals surface area (Å²) >= 11 is 0. The van der Waals surface area contributed by atoms with Crippen molar-refractivity contribution in [1.82, 2.24) is 15.1 Å². The SMILES string of the molecule is Cc1c(C(=O)NC[C@@H](C(=O)O)c2ccccc2)cnn1CC(C)C. The average molecular weight is 329 g/mol. The number of amides is 1. The monoisotopic (exact) mass is 329 g/mol. The number of nitrogens with zero attached hydrogens (tertiary/aromatic N) is 2. The van der Waals surface area contributed by atoms with Crippen LogP contribution in [0.25, 0.3) is 0 Å². The van der Waals surface area contributed by atoms with E-state index in [0.29, 0.717) is 17.0 Å².